The van der Waals surface area contributed by atoms with E-state index in [0.717, 1.165) is 4.47 Å². The highest BCUT2D eigenvalue weighted by atomic mass is 79.9. The molecule has 2 N–H and O–H groups in total. The summed E-state index contributed by atoms with van der Waals surface area (Å²) >= 11 is 6.55. The Kier molecular flexibility index (Phi) is 4.82. The maximum Gasteiger partial charge on any atom is 0.241 e. The number of hydrogen-bond acceptors (Lipinski definition) is 3. The summed E-state index contributed by atoms with van der Waals surface area (Å²) in [5.41, 5.74) is 0. The Labute approximate surface area is 124 Å². The molecule has 1 aromatic carbocycles. The highest BCUT2D eigenvalue weighted by Crippen LogP contribution is 2.25. The quantitative estimate of drug-likeness (QED) is 0.723. The van der Waals surface area contributed by atoms with Gasteiger partial charge in [-0.3, -0.25) is 0 Å². The van der Waals surface area contributed by atoms with Crippen molar-refractivity contribution in [3.8, 4) is 0 Å². The molecule has 0 bridgehead atoms. The molecule has 0 saturated heterocycles. The van der Waals surface area contributed by atoms with Gasteiger partial charge in [0, 0.05) is 28.1 Å². The molecule has 1 fully saturated rings. The molecule has 100 valence electrons. The molecule has 1 aromatic rings. The van der Waals surface area contributed by atoms with Crippen molar-refractivity contribution in [1.29, 1.82) is 0 Å². The van der Waals surface area contributed by atoms with Crippen molar-refractivity contribution in [1.82, 2.24) is 10.0 Å². The minimum Gasteiger partial charge on any atom is -0.313 e. The lowest BCUT2D eigenvalue weighted by atomic mass is 10.4. The van der Waals surface area contributed by atoms with Crippen molar-refractivity contribution in [2.75, 3.05) is 13.1 Å². The summed E-state index contributed by atoms with van der Waals surface area (Å²) in [6, 6.07) is 5.60. The van der Waals surface area contributed by atoms with E-state index >= 15 is 0 Å². The first kappa shape index (κ1) is 14.5. The zero-order valence-corrected chi connectivity index (χ0v) is 13.6. The Hall–Kier alpha value is 0.0500. The number of rotatable bonds is 6. The van der Waals surface area contributed by atoms with Gasteiger partial charge in [0.1, 0.15) is 0 Å². The Morgan fingerprint density at radius 2 is 1.94 bits per heavy atom. The lowest BCUT2D eigenvalue weighted by Gasteiger charge is -2.09. The van der Waals surface area contributed by atoms with E-state index in [1.165, 1.54) is 12.8 Å². The summed E-state index contributed by atoms with van der Waals surface area (Å²) < 4.78 is 28.1. The summed E-state index contributed by atoms with van der Waals surface area (Å²) in [6.07, 6.45) is 2.40. The molecule has 18 heavy (non-hydrogen) atoms. The Balaban J connectivity index is 1.95. The van der Waals surface area contributed by atoms with Crippen molar-refractivity contribution in [3.05, 3.63) is 27.1 Å². The molecule has 0 aromatic heterocycles. The molecule has 7 heteroatoms. The largest absolute Gasteiger partial charge is 0.313 e. The van der Waals surface area contributed by atoms with E-state index in [9.17, 15) is 8.42 Å². The van der Waals surface area contributed by atoms with Crippen LogP contribution >= 0.6 is 31.9 Å². The van der Waals surface area contributed by atoms with Crippen LogP contribution < -0.4 is 10.0 Å². The van der Waals surface area contributed by atoms with Gasteiger partial charge in [-0.1, -0.05) is 15.9 Å². The molecule has 0 atom stereocenters. The molecule has 4 nitrogen and oxygen atoms in total. The molecular formula is C11H14Br2N2O2S. The van der Waals surface area contributed by atoms with Gasteiger partial charge in [-0.25, -0.2) is 13.1 Å². The maximum absolute atomic E-state index is 12.0. The lowest BCUT2D eigenvalue weighted by Crippen LogP contribution is -2.32. The van der Waals surface area contributed by atoms with Crippen LogP contribution in [0.1, 0.15) is 12.8 Å². The van der Waals surface area contributed by atoms with Gasteiger partial charge in [0.05, 0.1) is 4.90 Å². The van der Waals surface area contributed by atoms with Crippen LogP contribution in [0.4, 0.5) is 0 Å². The molecule has 0 amide bonds. The first-order valence-corrected chi connectivity index (χ1v) is 8.74. The molecule has 2 rings (SSSR count). The normalized spacial score (nSPS) is 15.9. The second-order valence-corrected chi connectivity index (χ2v) is 7.71. The third-order valence-electron chi connectivity index (χ3n) is 2.61. The van der Waals surface area contributed by atoms with Gasteiger partial charge in [0.15, 0.2) is 0 Å². The summed E-state index contributed by atoms with van der Waals surface area (Å²) in [5.74, 6) is 0. The fraction of sp³-hybridized carbons (Fsp3) is 0.455. The van der Waals surface area contributed by atoms with Crippen molar-refractivity contribution >= 4 is 41.9 Å². The topological polar surface area (TPSA) is 58.2 Å². The highest BCUT2D eigenvalue weighted by molar-refractivity contribution is 9.11. The number of sulfonamides is 1. The second kappa shape index (κ2) is 6.00. The van der Waals surface area contributed by atoms with Crippen molar-refractivity contribution in [3.63, 3.8) is 0 Å². The van der Waals surface area contributed by atoms with E-state index in [2.05, 4.69) is 41.9 Å². The summed E-state index contributed by atoms with van der Waals surface area (Å²) in [7, 11) is -3.44. The predicted molar refractivity (Wildman–Crippen MR) is 78.1 cm³/mol. The van der Waals surface area contributed by atoms with E-state index in [0.29, 0.717) is 23.6 Å². The van der Waals surface area contributed by atoms with E-state index < -0.39 is 10.0 Å². The van der Waals surface area contributed by atoms with Crippen LogP contribution in [-0.2, 0) is 10.0 Å². The second-order valence-electron chi connectivity index (χ2n) is 4.20. The van der Waals surface area contributed by atoms with Crippen molar-refractivity contribution < 1.29 is 8.42 Å². The van der Waals surface area contributed by atoms with Crippen LogP contribution in [0.15, 0.2) is 32.0 Å². The molecule has 0 radical (unpaired) electrons. The van der Waals surface area contributed by atoms with Crippen LogP contribution in [0.3, 0.4) is 0 Å². The third kappa shape index (κ3) is 4.03. The number of hydrogen-bond donors (Lipinski definition) is 2. The van der Waals surface area contributed by atoms with Gasteiger partial charge in [-0.05, 0) is 47.0 Å². The van der Waals surface area contributed by atoms with E-state index in [1.54, 1.807) is 18.2 Å². The molecule has 0 spiro atoms. The standard InChI is InChI=1S/C11H14Br2N2O2S/c12-8-1-4-11(10(13)7-8)18(16,17)15-6-5-14-9-2-3-9/h1,4,7,9,14-15H,2-3,5-6H2. The van der Waals surface area contributed by atoms with Gasteiger partial charge in [-0.2, -0.15) is 0 Å². The van der Waals surface area contributed by atoms with E-state index in [4.69, 9.17) is 0 Å². The Morgan fingerprint density at radius 1 is 1.22 bits per heavy atom. The smallest absolute Gasteiger partial charge is 0.241 e. The van der Waals surface area contributed by atoms with E-state index in [-0.39, 0.29) is 4.90 Å². The van der Waals surface area contributed by atoms with Crippen LogP contribution in [0.5, 0.6) is 0 Å². The summed E-state index contributed by atoms with van der Waals surface area (Å²) in [6.45, 7) is 1.07. The van der Waals surface area contributed by atoms with Crippen LogP contribution in [0, 0.1) is 0 Å². The first-order valence-electron chi connectivity index (χ1n) is 5.67. The molecule has 0 heterocycles. The molecule has 1 aliphatic rings. The van der Waals surface area contributed by atoms with Gasteiger partial charge in [-0.15, -0.1) is 0 Å². The average Bonchev–Trinajstić information content (AvgIpc) is 3.07. The maximum atomic E-state index is 12.0. The van der Waals surface area contributed by atoms with Gasteiger partial charge < -0.3 is 5.32 Å². The number of benzene rings is 1. The summed E-state index contributed by atoms with van der Waals surface area (Å²) in [4.78, 5) is 0.261. The van der Waals surface area contributed by atoms with Crippen LogP contribution in [0.2, 0.25) is 0 Å². The number of halogens is 2. The lowest BCUT2D eigenvalue weighted by molar-refractivity contribution is 0.575. The zero-order valence-electron chi connectivity index (χ0n) is 9.62. The minimum atomic E-state index is -3.44. The number of nitrogens with one attached hydrogen (secondary N) is 2. The van der Waals surface area contributed by atoms with Gasteiger partial charge in [0.2, 0.25) is 10.0 Å². The third-order valence-corrected chi connectivity index (χ3v) is 5.54. The van der Waals surface area contributed by atoms with Crippen LogP contribution in [0.25, 0.3) is 0 Å². The van der Waals surface area contributed by atoms with Crippen molar-refractivity contribution in [2.45, 2.75) is 23.8 Å². The van der Waals surface area contributed by atoms with Crippen molar-refractivity contribution in [2.24, 2.45) is 0 Å². The minimum absolute atomic E-state index is 0.261. The monoisotopic (exact) mass is 396 g/mol. The molecule has 1 saturated carbocycles. The van der Waals surface area contributed by atoms with Gasteiger partial charge >= 0.3 is 0 Å². The summed E-state index contributed by atoms with van der Waals surface area (Å²) in [5, 5.41) is 3.26. The SMILES string of the molecule is O=S(=O)(NCCNC1CC1)c1ccc(Br)cc1Br. The average molecular weight is 398 g/mol. The Morgan fingerprint density at radius 3 is 2.56 bits per heavy atom. The molecule has 0 unspecified atom stereocenters. The highest BCUT2D eigenvalue weighted by Gasteiger charge is 2.21. The molecular weight excluding hydrogens is 384 g/mol. The van der Waals surface area contributed by atoms with Gasteiger partial charge in [0.25, 0.3) is 0 Å². The van der Waals surface area contributed by atoms with Crippen LogP contribution in [-0.4, -0.2) is 27.5 Å². The molecule has 1 aliphatic carbocycles. The molecule has 0 aliphatic heterocycles. The first-order chi connectivity index (χ1) is 8.49. The predicted octanol–water partition coefficient (Wildman–Crippen LogP) is 2.24. The Bertz CT molecular complexity index is 530. The zero-order chi connectivity index (χ0) is 13.2. The van der Waals surface area contributed by atoms with E-state index in [1.807, 2.05) is 0 Å². The fourth-order valence-electron chi connectivity index (χ4n) is 1.52. The fourth-order valence-corrected chi connectivity index (χ4v) is 4.30.